The van der Waals surface area contributed by atoms with Gasteiger partial charge in [-0.3, -0.25) is 0 Å². The maximum absolute atomic E-state index is 12.8. The molecule has 2 unspecified atom stereocenters. The van der Waals surface area contributed by atoms with Crippen molar-refractivity contribution in [3.8, 4) is 0 Å². The molecule has 0 amide bonds. The van der Waals surface area contributed by atoms with Crippen LogP contribution in [0.5, 0.6) is 0 Å². The van der Waals surface area contributed by atoms with Gasteiger partial charge in [0, 0.05) is 19.1 Å². The number of nitrogens with one attached hydrogen (secondary N) is 1. The Kier molecular flexibility index (Phi) is 5.41. The molecular weight excluding hydrogens is 284 g/mol. The highest BCUT2D eigenvalue weighted by Gasteiger charge is 2.28. The fourth-order valence-corrected chi connectivity index (χ4v) is 4.67. The summed E-state index contributed by atoms with van der Waals surface area (Å²) in [6.45, 7) is 5.48. The van der Waals surface area contributed by atoms with Gasteiger partial charge in [0.15, 0.2) is 0 Å². The van der Waals surface area contributed by atoms with Gasteiger partial charge >= 0.3 is 0 Å². The lowest BCUT2D eigenvalue weighted by atomic mass is 10.0. The van der Waals surface area contributed by atoms with Crippen LogP contribution >= 0.6 is 0 Å². The summed E-state index contributed by atoms with van der Waals surface area (Å²) in [6, 6.07) is 7.55. The Hall–Kier alpha value is -0.910. The minimum Gasteiger partial charge on any atom is -0.313 e. The van der Waals surface area contributed by atoms with Crippen molar-refractivity contribution in [1.82, 2.24) is 9.62 Å². The molecule has 1 saturated heterocycles. The number of hydrogen-bond donors (Lipinski definition) is 1. The summed E-state index contributed by atoms with van der Waals surface area (Å²) in [5, 5.41) is 3.22. The van der Waals surface area contributed by atoms with Gasteiger partial charge in [0.1, 0.15) is 0 Å². The highest BCUT2D eigenvalue weighted by molar-refractivity contribution is 7.89. The molecule has 1 N–H and O–H groups in total. The Morgan fingerprint density at radius 3 is 2.81 bits per heavy atom. The van der Waals surface area contributed by atoms with Gasteiger partial charge in [-0.2, -0.15) is 4.31 Å². The van der Waals surface area contributed by atoms with Crippen LogP contribution in [0.1, 0.15) is 44.7 Å². The van der Waals surface area contributed by atoms with Gasteiger partial charge < -0.3 is 5.32 Å². The molecule has 1 aromatic rings. The molecule has 1 heterocycles. The summed E-state index contributed by atoms with van der Waals surface area (Å²) in [7, 11) is -1.46. The zero-order valence-electron chi connectivity index (χ0n) is 13.2. The first-order valence-corrected chi connectivity index (χ1v) is 9.20. The smallest absolute Gasteiger partial charge is 0.243 e. The molecule has 0 saturated carbocycles. The molecular formula is C16H26N2O2S. The average molecular weight is 310 g/mol. The van der Waals surface area contributed by atoms with Crippen LogP contribution in [-0.2, 0) is 10.0 Å². The Bertz CT molecular complexity index is 567. The number of piperidine rings is 1. The normalized spacial score (nSPS) is 22.1. The molecule has 1 aromatic carbocycles. The minimum absolute atomic E-state index is 0.195. The third-order valence-corrected chi connectivity index (χ3v) is 6.14. The van der Waals surface area contributed by atoms with Crippen LogP contribution in [0.15, 0.2) is 29.2 Å². The van der Waals surface area contributed by atoms with Crippen LogP contribution < -0.4 is 5.32 Å². The van der Waals surface area contributed by atoms with Crippen LogP contribution in [0.4, 0.5) is 0 Å². The van der Waals surface area contributed by atoms with Gasteiger partial charge in [0.25, 0.3) is 0 Å². The van der Waals surface area contributed by atoms with Crippen molar-refractivity contribution in [2.75, 3.05) is 20.1 Å². The molecule has 0 aromatic heterocycles. The second-order valence-corrected chi connectivity index (χ2v) is 7.87. The van der Waals surface area contributed by atoms with Crippen molar-refractivity contribution in [2.45, 2.75) is 44.0 Å². The Balaban J connectivity index is 2.29. The van der Waals surface area contributed by atoms with Crippen molar-refractivity contribution in [3.05, 3.63) is 29.8 Å². The van der Waals surface area contributed by atoms with Crippen molar-refractivity contribution in [1.29, 1.82) is 0 Å². The van der Waals surface area contributed by atoms with E-state index in [2.05, 4.69) is 19.2 Å². The standard InChI is InChI=1S/C16H26N2O2S/c1-4-16(17-3)14-8-5-9-15(11-14)21(19,20)18-10-6-7-13(2)12-18/h5,8-9,11,13,16-17H,4,6-7,10,12H2,1-3H3. The molecule has 0 radical (unpaired) electrons. The molecule has 1 fully saturated rings. The maximum atomic E-state index is 12.8. The van der Waals surface area contributed by atoms with E-state index in [1.165, 1.54) is 0 Å². The zero-order chi connectivity index (χ0) is 15.5. The monoisotopic (exact) mass is 310 g/mol. The molecule has 4 nitrogen and oxygen atoms in total. The molecule has 0 aliphatic carbocycles. The molecule has 1 aliphatic rings. The van der Waals surface area contributed by atoms with Gasteiger partial charge in [0.05, 0.1) is 4.90 Å². The van der Waals surface area contributed by atoms with E-state index in [0.717, 1.165) is 24.8 Å². The van der Waals surface area contributed by atoms with E-state index < -0.39 is 10.0 Å². The lowest BCUT2D eigenvalue weighted by molar-refractivity contribution is 0.281. The van der Waals surface area contributed by atoms with Gasteiger partial charge in [-0.1, -0.05) is 26.0 Å². The maximum Gasteiger partial charge on any atom is 0.243 e. The van der Waals surface area contributed by atoms with E-state index in [4.69, 9.17) is 0 Å². The molecule has 0 spiro atoms. The van der Waals surface area contributed by atoms with Crippen LogP contribution in [0.25, 0.3) is 0 Å². The largest absolute Gasteiger partial charge is 0.313 e. The summed E-state index contributed by atoms with van der Waals surface area (Å²) in [5.74, 6) is 0.442. The molecule has 118 valence electrons. The average Bonchev–Trinajstić information content (AvgIpc) is 2.49. The third kappa shape index (κ3) is 3.65. The summed E-state index contributed by atoms with van der Waals surface area (Å²) in [6.07, 6.45) is 3.00. The second kappa shape index (κ2) is 6.90. The van der Waals surface area contributed by atoms with Crippen molar-refractivity contribution >= 4 is 10.0 Å². The van der Waals surface area contributed by atoms with Crippen LogP contribution in [0.2, 0.25) is 0 Å². The van der Waals surface area contributed by atoms with E-state index >= 15 is 0 Å². The van der Waals surface area contributed by atoms with Crippen LogP contribution in [0.3, 0.4) is 0 Å². The fraction of sp³-hybridized carbons (Fsp3) is 0.625. The van der Waals surface area contributed by atoms with Crippen molar-refractivity contribution in [3.63, 3.8) is 0 Å². The van der Waals surface area contributed by atoms with Crippen LogP contribution in [-0.4, -0.2) is 32.9 Å². The molecule has 21 heavy (non-hydrogen) atoms. The van der Waals surface area contributed by atoms with Gasteiger partial charge in [-0.05, 0) is 49.9 Å². The number of rotatable bonds is 5. The molecule has 5 heteroatoms. The predicted molar refractivity (Wildman–Crippen MR) is 85.7 cm³/mol. The Morgan fingerprint density at radius 1 is 1.43 bits per heavy atom. The SMILES string of the molecule is CCC(NC)c1cccc(S(=O)(=O)N2CCCC(C)C2)c1. The van der Waals surface area contributed by atoms with Crippen molar-refractivity contribution < 1.29 is 8.42 Å². The highest BCUT2D eigenvalue weighted by atomic mass is 32.2. The summed E-state index contributed by atoms with van der Waals surface area (Å²) < 4.78 is 27.2. The van der Waals surface area contributed by atoms with E-state index in [0.29, 0.717) is 23.9 Å². The first-order valence-electron chi connectivity index (χ1n) is 7.76. The third-order valence-electron chi connectivity index (χ3n) is 4.27. The van der Waals surface area contributed by atoms with E-state index in [1.54, 1.807) is 10.4 Å². The Morgan fingerprint density at radius 2 is 2.19 bits per heavy atom. The quantitative estimate of drug-likeness (QED) is 0.910. The van der Waals surface area contributed by atoms with Crippen molar-refractivity contribution in [2.24, 2.45) is 5.92 Å². The highest BCUT2D eigenvalue weighted by Crippen LogP contribution is 2.25. The lowest BCUT2D eigenvalue weighted by Gasteiger charge is -2.30. The second-order valence-electron chi connectivity index (χ2n) is 5.93. The summed E-state index contributed by atoms with van der Waals surface area (Å²) >= 11 is 0. The predicted octanol–water partition coefficient (Wildman–Crippen LogP) is 2.78. The van der Waals surface area contributed by atoms with Gasteiger partial charge in [-0.25, -0.2) is 8.42 Å². The lowest BCUT2D eigenvalue weighted by Crippen LogP contribution is -2.39. The summed E-state index contributed by atoms with van der Waals surface area (Å²) in [5.41, 5.74) is 1.03. The van der Waals surface area contributed by atoms with E-state index in [-0.39, 0.29) is 6.04 Å². The minimum atomic E-state index is -3.36. The van der Waals surface area contributed by atoms with E-state index in [9.17, 15) is 8.42 Å². The number of sulfonamides is 1. The number of benzene rings is 1. The molecule has 1 aliphatic heterocycles. The van der Waals surface area contributed by atoms with Gasteiger partial charge in [-0.15, -0.1) is 0 Å². The zero-order valence-corrected chi connectivity index (χ0v) is 14.0. The topological polar surface area (TPSA) is 49.4 Å². The summed E-state index contributed by atoms with van der Waals surface area (Å²) in [4.78, 5) is 0.419. The van der Waals surface area contributed by atoms with Gasteiger partial charge in [0.2, 0.25) is 10.0 Å². The molecule has 2 rings (SSSR count). The molecule has 0 bridgehead atoms. The Labute approximate surface area is 128 Å². The first kappa shape index (κ1) is 16.5. The first-order chi connectivity index (χ1) is 9.98. The molecule has 2 atom stereocenters. The van der Waals surface area contributed by atoms with Crippen LogP contribution in [0, 0.1) is 5.92 Å². The number of nitrogens with zero attached hydrogens (tertiary/aromatic N) is 1. The fourth-order valence-electron chi connectivity index (χ4n) is 3.01. The van der Waals surface area contributed by atoms with E-state index in [1.807, 2.05) is 25.2 Å². The number of hydrogen-bond acceptors (Lipinski definition) is 3.